The molecule has 0 amide bonds. The monoisotopic (exact) mass is 393 g/mol. The van der Waals surface area contributed by atoms with E-state index < -0.39 is 11.9 Å². The Kier molecular flexibility index (Phi) is 6.31. The predicted molar refractivity (Wildman–Crippen MR) is 93.8 cm³/mol. The lowest BCUT2D eigenvalue weighted by molar-refractivity contribution is -0.141. The molecule has 0 unspecified atom stereocenters. The van der Waals surface area contributed by atoms with E-state index in [9.17, 15) is 13.2 Å². The summed E-state index contributed by atoms with van der Waals surface area (Å²) in [6, 6.07) is 5.57. The smallest absolute Gasteiger partial charge is 0.353 e. The Morgan fingerprint density at radius 3 is 2.32 bits per heavy atom. The maximum Gasteiger partial charge on any atom is 0.433 e. The molecule has 0 aliphatic heterocycles. The number of anilines is 3. The summed E-state index contributed by atoms with van der Waals surface area (Å²) in [7, 11) is 3.70. The normalized spacial score (nSPS) is 11.7. The van der Waals surface area contributed by atoms with E-state index in [4.69, 9.17) is 23.2 Å². The fourth-order valence-corrected chi connectivity index (χ4v) is 2.36. The largest absolute Gasteiger partial charge is 0.433 e. The van der Waals surface area contributed by atoms with Gasteiger partial charge in [0.15, 0.2) is 5.69 Å². The van der Waals surface area contributed by atoms with Gasteiger partial charge in [-0.25, -0.2) is 4.98 Å². The quantitative estimate of drug-likeness (QED) is 0.755. The van der Waals surface area contributed by atoms with Gasteiger partial charge in [-0.2, -0.15) is 18.2 Å². The summed E-state index contributed by atoms with van der Waals surface area (Å²) in [6.45, 7) is 0.999. The van der Waals surface area contributed by atoms with E-state index in [-0.39, 0.29) is 27.5 Å². The molecule has 2 aromatic rings. The minimum absolute atomic E-state index is 0.0651. The molecule has 0 fully saturated rings. The van der Waals surface area contributed by atoms with E-state index in [1.807, 2.05) is 19.0 Å². The Balaban J connectivity index is 2.33. The molecule has 0 radical (unpaired) electrons. The average Bonchev–Trinajstić information content (AvgIpc) is 2.50. The number of halogens is 5. The fourth-order valence-electron chi connectivity index (χ4n) is 1.87. The fraction of sp³-hybridized carbons (Fsp3) is 0.333. The summed E-state index contributed by atoms with van der Waals surface area (Å²) >= 11 is 12.1. The number of aromatic nitrogens is 2. The number of nitrogens with one attached hydrogen (secondary N) is 2. The topological polar surface area (TPSA) is 53.1 Å². The maximum absolute atomic E-state index is 13.1. The second-order valence-electron chi connectivity index (χ2n) is 5.41. The van der Waals surface area contributed by atoms with Crippen LogP contribution in [0, 0.1) is 0 Å². The van der Waals surface area contributed by atoms with Crippen LogP contribution in [-0.4, -0.2) is 42.1 Å². The van der Waals surface area contributed by atoms with Crippen molar-refractivity contribution in [3.63, 3.8) is 0 Å². The van der Waals surface area contributed by atoms with Crippen LogP contribution in [0.25, 0.3) is 0 Å². The zero-order valence-corrected chi connectivity index (χ0v) is 15.0. The standard InChI is InChI=1S/C15H16Cl2F3N5/c1-25(2)7-6-21-14-22-11(15(18,19)20)8-12(24-14)23-13-9(16)4-3-5-10(13)17/h3-5,8H,6-7H2,1-2H3,(H2,21,22,23,24). The van der Waals surface area contributed by atoms with E-state index in [1.165, 1.54) is 0 Å². The maximum atomic E-state index is 13.1. The summed E-state index contributed by atoms with van der Waals surface area (Å²) in [5.41, 5.74) is -0.794. The highest BCUT2D eigenvalue weighted by Gasteiger charge is 2.33. The van der Waals surface area contributed by atoms with Crippen molar-refractivity contribution in [1.29, 1.82) is 0 Å². The van der Waals surface area contributed by atoms with Gasteiger partial charge >= 0.3 is 6.18 Å². The molecule has 0 saturated carbocycles. The van der Waals surface area contributed by atoms with Crippen molar-refractivity contribution >= 4 is 40.7 Å². The Morgan fingerprint density at radius 1 is 1.12 bits per heavy atom. The van der Waals surface area contributed by atoms with Gasteiger partial charge in [-0.1, -0.05) is 29.3 Å². The summed E-state index contributed by atoms with van der Waals surface area (Å²) in [5, 5.41) is 6.03. The molecule has 0 saturated heterocycles. The SMILES string of the molecule is CN(C)CCNc1nc(Nc2c(Cl)cccc2Cl)cc(C(F)(F)F)n1. The van der Waals surface area contributed by atoms with Crippen LogP contribution in [0.4, 0.5) is 30.6 Å². The first-order valence-corrected chi connectivity index (χ1v) is 7.98. The number of likely N-dealkylation sites (N-methyl/N-ethyl adjacent to an activating group) is 1. The number of alkyl halides is 3. The average molecular weight is 394 g/mol. The number of benzene rings is 1. The molecule has 1 aromatic carbocycles. The third-order valence-corrected chi connectivity index (χ3v) is 3.70. The van der Waals surface area contributed by atoms with Crippen molar-refractivity contribution in [2.45, 2.75) is 6.18 Å². The second-order valence-corrected chi connectivity index (χ2v) is 6.23. The summed E-state index contributed by atoms with van der Waals surface area (Å²) in [5.74, 6) is -0.202. The van der Waals surface area contributed by atoms with Crippen LogP contribution in [0.2, 0.25) is 10.0 Å². The minimum Gasteiger partial charge on any atom is -0.353 e. The molecule has 10 heteroatoms. The molecule has 136 valence electrons. The van der Waals surface area contributed by atoms with Gasteiger partial charge in [0.1, 0.15) is 5.82 Å². The second kappa shape index (κ2) is 8.07. The van der Waals surface area contributed by atoms with E-state index in [1.54, 1.807) is 18.2 Å². The molecule has 5 nitrogen and oxygen atoms in total. The van der Waals surface area contributed by atoms with Gasteiger partial charge in [-0.3, -0.25) is 0 Å². The molecule has 0 atom stereocenters. The molecule has 25 heavy (non-hydrogen) atoms. The Bertz CT molecular complexity index is 717. The Morgan fingerprint density at radius 2 is 1.76 bits per heavy atom. The first kappa shape index (κ1) is 19.6. The van der Waals surface area contributed by atoms with Gasteiger partial charge in [-0.05, 0) is 26.2 Å². The van der Waals surface area contributed by atoms with Crippen LogP contribution in [0.3, 0.4) is 0 Å². The van der Waals surface area contributed by atoms with E-state index in [0.717, 1.165) is 6.07 Å². The Hall–Kier alpha value is -1.77. The van der Waals surface area contributed by atoms with Crippen molar-refractivity contribution in [3.05, 3.63) is 40.0 Å². The van der Waals surface area contributed by atoms with Gasteiger partial charge in [0.05, 0.1) is 15.7 Å². The highest BCUT2D eigenvalue weighted by molar-refractivity contribution is 6.39. The zero-order chi connectivity index (χ0) is 18.6. The molecular weight excluding hydrogens is 378 g/mol. The van der Waals surface area contributed by atoms with Crippen LogP contribution in [0.15, 0.2) is 24.3 Å². The minimum atomic E-state index is -4.61. The number of nitrogens with zero attached hydrogens (tertiary/aromatic N) is 3. The number of hydrogen-bond donors (Lipinski definition) is 2. The van der Waals surface area contributed by atoms with Gasteiger partial charge in [-0.15, -0.1) is 0 Å². The van der Waals surface area contributed by atoms with Gasteiger partial charge in [0.2, 0.25) is 5.95 Å². The van der Waals surface area contributed by atoms with Crippen molar-refractivity contribution in [3.8, 4) is 0 Å². The van der Waals surface area contributed by atoms with Crippen LogP contribution in [0.5, 0.6) is 0 Å². The van der Waals surface area contributed by atoms with Gasteiger partial charge in [0, 0.05) is 19.2 Å². The first-order chi connectivity index (χ1) is 11.7. The molecule has 2 N–H and O–H groups in total. The van der Waals surface area contributed by atoms with Gasteiger partial charge in [0.25, 0.3) is 0 Å². The molecule has 0 aliphatic carbocycles. The third kappa shape index (κ3) is 5.62. The molecule has 1 heterocycles. The summed E-state index contributed by atoms with van der Waals surface area (Å²) in [4.78, 5) is 9.45. The lowest BCUT2D eigenvalue weighted by atomic mass is 10.3. The molecule has 0 bridgehead atoms. The molecule has 0 spiro atoms. The van der Waals surface area contributed by atoms with E-state index in [0.29, 0.717) is 13.1 Å². The Labute approximate surface area is 153 Å². The van der Waals surface area contributed by atoms with Crippen molar-refractivity contribution in [2.75, 3.05) is 37.8 Å². The van der Waals surface area contributed by atoms with Crippen molar-refractivity contribution < 1.29 is 13.2 Å². The summed E-state index contributed by atoms with van der Waals surface area (Å²) in [6.07, 6.45) is -4.61. The lowest BCUT2D eigenvalue weighted by Crippen LogP contribution is -2.22. The first-order valence-electron chi connectivity index (χ1n) is 7.22. The predicted octanol–water partition coefficient (Wildman–Crippen LogP) is 4.52. The van der Waals surface area contributed by atoms with Gasteiger partial charge < -0.3 is 15.5 Å². The number of para-hydroxylation sites is 1. The van der Waals surface area contributed by atoms with Crippen molar-refractivity contribution in [1.82, 2.24) is 14.9 Å². The molecule has 2 rings (SSSR count). The van der Waals surface area contributed by atoms with E-state index >= 15 is 0 Å². The lowest BCUT2D eigenvalue weighted by Gasteiger charge is -2.15. The van der Waals surface area contributed by atoms with Crippen LogP contribution >= 0.6 is 23.2 Å². The highest BCUT2D eigenvalue weighted by atomic mass is 35.5. The third-order valence-electron chi connectivity index (χ3n) is 3.07. The van der Waals surface area contributed by atoms with Crippen molar-refractivity contribution in [2.24, 2.45) is 0 Å². The zero-order valence-electron chi connectivity index (χ0n) is 13.5. The van der Waals surface area contributed by atoms with Crippen LogP contribution < -0.4 is 10.6 Å². The number of hydrogen-bond acceptors (Lipinski definition) is 5. The summed E-state index contributed by atoms with van der Waals surface area (Å²) < 4.78 is 39.3. The molecule has 0 aliphatic rings. The highest BCUT2D eigenvalue weighted by Crippen LogP contribution is 2.34. The number of rotatable bonds is 6. The molecule has 1 aromatic heterocycles. The van der Waals surface area contributed by atoms with Crippen LogP contribution in [0.1, 0.15) is 5.69 Å². The molecular formula is C15H16Cl2F3N5. The van der Waals surface area contributed by atoms with E-state index in [2.05, 4.69) is 20.6 Å². The van der Waals surface area contributed by atoms with Crippen LogP contribution in [-0.2, 0) is 6.18 Å².